The zero-order valence-electron chi connectivity index (χ0n) is 14.8. The molecule has 4 rings (SSSR count). The van der Waals surface area contributed by atoms with Crippen LogP contribution in [0.2, 0.25) is 0 Å². The number of fused-ring (bicyclic) bond motifs is 1. The van der Waals surface area contributed by atoms with Crippen LogP contribution < -0.4 is 10.2 Å². The number of aromatic amines is 1. The van der Waals surface area contributed by atoms with Crippen molar-refractivity contribution in [2.45, 2.75) is 25.8 Å². The third-order valence-corrected chi connectivity index (χ3v) is 4.75. The molecule has 3 aromatic rings. The van der Waals surface area contributed by atoms with Crippen LogP contribution in [0.3, 0.4) is 0 Å². The fourth-order valence-corrected chi connectivity index (χ4v) is 3.56. The molecule has 0 radical (unpaired) electrons. The van der Waals surface area contributed by atoms with Crippen LogP contribution in [0, 0.1) is 0 Å². The molecule has 1 aliphatic rings. The highest BCUT2D eigenvalue weighted by Gasteiger charge is 2.29. The Morgan fingerprint density at radius 1 is 1.23 bits per heavy atom. The average Bonchev–Trinajstić information content (AvgIpc) is 3.04. The van der Waals surface area contributed by atoms with Crippen molar-refractivity contribution in [1.29, 1.82) is 0 Å². The third-order valence-electron chi connectivity index (χ3n) is 4.75. The Balaban J connectivity index is 1.77. The first-order chi connectivity index (χ1) is 12.4. The van der Waals surface area contributed by atoms with E-state index in [1.165, 1.54) is 0 Å². The first-order valence-corrected chi connectivity index (χ1v) is 8.66. The minimum Gasteiger partial charge on any atom is -0.367 e. The van der Waals surface area contributed by atoms with Crippen LogP contribution in [-0.4, -0.2) is 40.1 Å². The lowest BCUT2D eigenvalue weighted by Crippen LogP contribution is -2.57. The summed E-state index contributed by atoms with van der Waals surface area (Å²) in [7, 11) is 0. The summed E-state index contributed by atoms with van der Waals surface area (Å²) >= 11 is 0. The molecule has 0 aromatic carbocycles. The monoisotopic (exact) mass is 357 g/mol. The standard InChI is InChI=1S/C19H21F2N5/c1-19(2)11-26(9-8-24-19)15-6-5-14(25-16(15)17(20)21)13-10-23-18-12(13)4-3-7-22-18/h3-7,10,17,24H,8-9,11H2,1-2H3,(H,22,23). The quantitative estimate of drug-likeness (QED) is 0.750. The molecule has 1 fully saturated rings. The van der Waals surface area contributed by atoms with Gasteiger partial charge in [0.2, 0.25) is 0 Å². The van der Waals surface area contributed by atoms with E-state index >= 15 is 0 Å². The molecule has 3 aromatic heterocycles. The molecular formula is C19H21F2N5. The van der Waals surface area contributed by atoms with E-state index in [1.54, 1.807) is 18.5 Å². The first kappa shape index (κ1) is 16.9. The predicted molar refractivity (Wildman–Crippen MR) is 98.6 cm³/mol. The average molecular weight is 357 g/mol. The van der Waals surface area contributed by atoms with Crippen LogP contribution in [0.1, 0.15) is 26.0 Å². The number of pyridine rings is 2. The maximum absolute atomic E-state index is 13.8. The number of anilines is 1. The summed E-state index contributed by atoms with van der Waals surface area (Å²) in [6.45, 7) is 6.24. The van der Waals surface area contributed by atoms with Crippen molar-refractivity contribution < 1.29 is 8.78 Å². The number of alkyl halides is 2. The summed E-state index contributed by atoms with van der Waals surface area (Å²) in [4.78, 5) is 13.6. The summed E-state index contributed by atoms with van der Waals surface area (Å²) in [5.41, 5.74) is 2.24. The van der Waals surface area contributed by atoms with Crippen LogP contribution in [0.5, 0.6) is 0 Å². The molecule has 26 heavy (non-hydrogen) atoms. The number of H-pyrrole nitrogens is 1. The number of halogens is 2. The lowest BCUT2D eigenvalue weighted by Gasteiger charge is -2.40. The van der Waals surface area contributed by atoms with Crippen LogP contribution in [0.15, 0.2) is 36.7 Å². The largest absolute Gasteiger partial charge is 0.367 e. The maximum Gasteiger partial charge on any atom is 0.282 e. The Morgan fingerprint density at radius 2 is 2.08 bits per heavy atom. The second kappa shape index (κ2) is 6.32. The van der Waals surface area contributed by atoms with Gasteiger partial charge in [0.05, 0.1) is 11.4 Å². The molecule has 0 atom stereocenters. The van der Waals surface area contributed by atoms with Crippen LogP contribution in [0.25, 0.3) is 22.3 Å². The van der Waals surface area contributed by atoms with Crippen molar-refractivity contribution in [1.82, 2.24) is 20.3 Å². The molecule has 1 aliphatic heterocycles. The van der Waals surface area contributed by atoms with Gasteiger partial charge in [0.15, 0.2) is 0 Å². The molecule has 136 valence electrons. The van der Waals surface area contributed by atoms with Crippen LogP contribution >= 0.6 is 0 Å². The maximum atomic E-state index is 13.8. The van der Waals surface area contributed by atoms with Gasteiger partial charge in [-0.15, -0.1) is 0 Å². The lowest BCUT2D eigenvalue weighted by molar-refractivity contribution is 0.146. The fraction of sp³-hybridized carbons (Fsp3) is 0.368. The van der Waals surface area contributed by atoms with Gasteiger partial charge in [0.25, 0.3) is 6.43 Å². The second-order valence-corrected chi connectivity index (χ2v) is 7.24. The van der Waals surface area contributed by atoms with Crippen molar-refractivity contribution in [2.75, 3.05) is 24.5 Å². The zero-order chi connectivity index (χ0) is 18.3. The molecule has 0 saturated carbocycles. The van der Waals surface area contributed by atoms with E-state index in [-0.39, 0.29) is 11.2 Å². The smallest absolute Gasteiger partial charge is 0.282 e. The third kappa shape index (κ3) is 3.03. The van der Waals surface area contributed by atoms with Crippen LogP contribution in [-0.2, 0) is 0 Å². The van der Waals surface area contributed by atoms with Gasteiger partial charge in [-0.3, -0.25) is 0 Å². The fourth-order valence-electron chi connectivity index (χ4n) is 3.56. The second-order valence-electron chi connectivity index (χ2n) is 7.24. The zero-order valence-corrected chi connectivity index (χ0v) is 14.8. The molecular weight excluding hydrogens is 336 g/mol. The highest BCUT2D eigenvalue weighted by atomic mass is 19.3. The molecule has 0 bridgehead atoms. The van der Waals surface area contributed by atoms with Crippen molar-refractivity contribution in [3.63, 3.8) is 0 Å². The Bertz CT molecular complexity index is 935. The van der Waals surface area contributed by atoms with E-state index in [2.05, 4.69) is 34.1 Å². The van der Waals surface area contributed by atoms with Gasteiger partial charge in [0.1, 0.15) is 11.3 Å². The Labute approximate surface area is 150 Å². The van der Waals surface area contributed by atoms with E-state index in [9.17, 15) is 8.78 Å². The minimum atomic E-state index is -2.63. The first-order valence-electron chi connectivity index (χ1n) is 8.66. The summed E-state index contributed by atoms with van der Waals surface area (Å²) in [6, 6.07) is 7.31. The number of hydrogen-bond donors (Lipinski definition) is 2. The summed E-state index contributed by atoms with van der Waals surface area (Å²) in [5.74, 6) is 0. The number of rotatable bonds is 3. The molecule has 7 heteroatoms. The van der Waals surface area contributed by atoms with E-state index in [0.717, 1.165) is 23.1 Å². The number of aromatic nitrogens is 3. The molecule has 1 saturated heterocycles. The molecule has 0 spiro atoms. The molecule has 2 N–H and O–H groups in total. The summed E-state index contributed by atoms with van der Waals surface area (Å²) in [5, 5.41) is 4.27. The Kier molecular flexibility index (Phi) is 4.11. The molecule has 0 unspecified atom stereocenters. The van der Waals surface area contributed by atoms with Gasteiger partial charge < -0.3 is 15.2 Å². The van der Waals surface area contributed by atoms with Gasteiger partial charge in [-0.1, -0.05) is 0 Å². The summed E-state index contributed by atoms with van der Waals surface area (Å²) in [6.07, 6.45) is 0.824. The number of nitrogens with zero attached hydrogens (tertiary/aromatic N) is 3. The predicted octanol–water partition coefficient (Wildman–Crippen LogP) is 3.75. The van der Waals surface area contributed by atoms with E-state index in [1.807, 2.05) is 23.1 Å². The van der Waals surface area contributed by atoms with Gasteiger partial charge in [0, 0.05) is 48.5 Å². The van der Waals surface area contributed by atoms with Gasteiger partial charge in [-0.25, -0.2) is 18.7 Å². The molecule has 5 nitrogen and oxygen atoms in total. The van der Waals surface area contributed by atoms with Gasteiger partial charge >= 0.3 is 0 Å². The van der Waals surface area contributed by atoms with Gasteiger partial charge in [-0.2, -0.15) is 0 Å². The van der Waals surface area contributed by atoms with Crippen molar-refractivity contribution in [3.8, 4) is 11.3 Å². The number of piperazine rings is 1. The highest BCUT2D eigenvalue weighted by molar-refractivity contribution is 5.92. The highest BCUT2D eigenvalue weighted by Crippen LogP contribution is 2.34. The van der Waals surface area contributed by atoms with Crippen molar-refractivity contribution >= 4 is 16.7 Å². The molecule has 0 amide bonds. The number of hydrogen-bond acceptors (Lipinski definition) is 4. The lowest BCUT2D eigenvalue weighted by atomic mass is 10.0. The number of nitrogens with one attached hydrogen (secondary N) is 2. The summed E-state index contributed by atoms with van der Waals surface area (Å²) < 4.78 is 27.6. The van der Waals surface area contributed by atoms with E-state index in [4.69, 9.17) is 0 Å². The van der Waals surface area contributed by atoms with Crippen molar-refractivity contribution in [2.24, 2.45) is 0 Å². The van der Waals surface area contributed by atoms with E-state index < -0.39 is 6.43 Å². The Morgan fingerprint density at radius 3 is 2.85 bits per heavy atom. The van der Waals surface area contributed by atoms with Crippen molar-refractivity contribution in [3.05, 3.63) is 42.4 Å². The van der Waals surface area contributed by atoms with Gasteiger partial charge in [-0.05, 0) is 38.1 Å². The van der Waals surface area contributed by atoms with E-state index in [0.29, 0.717) is 24.5 Å². The SMILES string of the molecule is CC1(C)CN(c2ccc(-c3c[nH]c4ncccc34)nc2C(F)F)CCN1. The topological polar surface area (TPSA) is 56.8 Å². The normalized spacial score (nSPS) is 17.2. The van der Waals surface area contributed by atoms with Crippen LogP contribution in [0.4, 0.5) is 14.5 Å². The molecule has 0 aliphatic carbocycles. The molecule has 4 heterocycles. The minimum absolute atomic E-state index is 0.126. The Hall–Kier alpha value is -2.54.